The lowest BCUT2D eigenvalue weighted by Crippen LogP contribution is -2.16. The number of fused-ring (bicyclic) bond motifs is 3. The quantitative estimate of drug-likeness (QED) is 0.685. The van der Waals surface area contributed by atoms with E-state index in [-0.39, 0.29) is 0 Å². The molecule has 4 nitrogen and oxygen atoms in total. The summed E-state index contributed by atoms with van der Waals surface area (Å²) in [6.45, 7) is 1.76. The molecule has 0 unspecified atom stereocenters. The minimum atomic E-state index is 0.839. The smallest absolute Gasteiger partial charge is 0.118 e. The van der Waals surface area contributed by atoms with Gasteiger partial charge in [0.25, 0.3) is 0 Å². The van der Waals surface area contributed by atoms with Crippen LogP contribution in [-0.4, -0.2) is 26.9 Å². The van der Waals surface area contributed by atoms with Crippen molar-refractivity contribution in [1.29, 1.82) is 0 Å². The van der Waals surface area contributed by atoms with E-state index in [1.807, 2.05) is 22.9 Å². The van der Waals surface area contributed by atoms with Crippen molar-refractivity contribution >= 4 is 0 Å². The van der Waals surface area contributed by atoms with Crippen LogP contribution in [0.25, 0.3) is 16.9 Å². The first-order valence-corrected chi connectivity index (χ1v) is 7.10. The maximum Gasteiger partial charge on any atom is 0.118 e. The van der Waals surface area contributed by atoms with E-state index < -0.39 is 0 Å². The largest absolute Gasteiger partial charge is 0.296 e. The Balaban J connectivity index is 1.93. The van der Waals surface area contributed by atoms with Gasteiger partial charge in [-0.3, -0.25) is 4.90 Å². The molecule has 1 aromatic heterocycles. The molecule has 0 saturated heterocycles. The molecule has 0 radical (unpaired) electrons. The molecule has 21 heavy (non-hydrogen) atoms. The summed E-state index contributed by atoms with van der Waals surface area (Å²) in [7, 11) is 2.13. The molecule has 1 aliphatic heterocycles. The van der Waals surface area contributed by atoms with E-state index in [0.717, 1.165) is 35.7 Å². The van der Waals surface area contributed by atoms with E-state index in [4.69, 9.17) is 0 Å². The van der Waals surface area contributed by atoms with Gasteiger partial charge >= 0.3 is 0 Å². The Morgan fingerprint density at radius 2 is 1.67 bits per heavy atom. The van der Waals surface area contributed by atoms with Gasteiger partial charge in [-0.2, -0.15) is 0 Å². The molecule has 2 aromatic carbocycles. The van der Waals surface area contributed by atoms with Gasteiger partial charge in [0.1, 0.15) is 5.69 Å². The second-order valence-corrected chi connectivity index (χ2v) is 5.46. The lowest BCUT2D eigenvalue weighted by Gasteiger charge is -2.13. The van der Waals surface area contributed by atoms with Crippen molar-refractivity contribution in [3.8, 4) is 16.9 Å². The number of benzene rings is 2. The highest BCUT2D eigenvalue weighted by Crippen LogP contribution is 2.28. The van der Waals surface area contributed by atoms with Crippen LogP contribution in [0.5, 0.6) is 0 Å². The van der Waals surface area contributed by atoms with E-state index in [1.54, 1.807) is 0 Å². The summed E-state index contributed by atoms with van der Waals surface area (Å²) < 4.78 is 1.99. The van der Waals surface area contributed by atoms with Gasteiger partial charge in [0, 0.05) is 18.7 Å². The zero-order valence-corrected chi connectivity index (χ0v) is 11.9. The first-order chi connectivity index (χ1) is 10.3. The highest BCUT2D eigenvalue weighted by Gasteiger charge is 2.22. The van der Waals surface area contributed by atoms with Crippen molar-refractivity contribution < 1.29 is 0 Å². The number of para-hydroxylation sites is 1. The van der Waals surface area contributed by atoms with Gasteiger partial charge in [-0.25, -0.2) is 4.68 Å². The number of hydrogen-bond donors (Lipinski definition) is 0. The molecule has 4 rings (SSSR count). The molecular formula is C17H16N4. The highest BCUT2D eigenvalue weighted by molar-refractivity contribution is 5.62. The Kier molecular flexibility index (Phi) is 2.82. The van der Waals surface area contributed by atoms with E-state index >= 15 is 0 Å². The molecule has 3 aromatic rings. The first kappa shape index (κ1) is 12.3. The predicted molar refractivity (Wildman–Crippen MR) is 82.0 cm³/mol. The van der Waals surface area contributed by atoms with Crippen molar-refractivity contribution in [2.45, 2.75) is 13.1 Å². The maximum absolute atomic E-state index is 4.43. The lowest BCUT2D eigenvalue weighted by atomic mass is 10.1. The van der Waals surface area contributed by atoms with Crippen molar-refractivity contribution in [2.24, 2.45) is 0 Å². The Bertz CT molecular complexity index is 776. The van der Waals surface area contributed by atoms with E-state index in [0.29, 0.717) is 0 Å². The van der Waals surface area contributed by atoms with Crippen LogP contribution in [0.2, 0.25) is 0 Å². The van der Waals surface area contributed by atoms with Crippen LogP contribution in [0.15, 0.2) is 54.6 Å². The molecule has 0 atom stereocenters. The first-order valence-electron chi connectivity index (χ1n) is 7.10. The SMILES string of the molecule is CN1Cc2ccccc2-n2nnc(-c3ccccc3)c2C1. The highest BCUT2D eigenvalue weighted by atomic mass is 15.4. The molecular weight excluding hydrogens is 260 g/mol. The third-order valence-corrected chi connectivity index (χ3v) is 3.89. The maximum atomic E-state index is 4.43. The zero-order chi connectivity index (χ0) is 14.2. The van der Waals surface area contributed by atoms with Gasteiger partial charge in [-0.15, -0.1) is 5.10 Å². The molecule has 0 saturated carbocycles. The van der Waals surface area contributed by atoms with Crippen LogP contribution in [0.4, 0.5) is 0 Å². The van der Waals surface area contributed by atoms with Crippen molar-refractivity contribution in [3.63, 3.8) is 0 Å². The van der Waals surface area contributed by atoms with Crippen LogP contribution < -0.4 is 0 Å². The molecule has 1 aliphatic rings. The molecule has 0 N–H and O–H groups in total. The summed E-state index contributed by atoms with van der Waals surface area (Å²) in [5.74, 6) is 0. The number of aromatic nitrogens is 3. The normalized spacial score (nSPS) is 14.3. The summed E-state index contributed by atoms with van der Waals surface area (Å²) >= 11 is 0. The van der Waals surface area contributed by atoms with Crippen LogP contribution >= 0.6 is 0 Å². The van der Waals surface area contributed by atoms with Crippen LogP contribution in [0.3, 0.4) is 0 Å². The van der Waals surface area contributed by atoms with Crippen molar-refractivity contribution in [1.82, 2.24) is 19.9 Å². The van der Waals surface area contributed by atoms with Crippen molar-refractivity contribution in [2.75, 3.05) is 7.05 Å². The Morgan fingerprint density at radius 3 is 2.52 bits per heavy atom. The summed E-state index contributed by atoms with van der Waals surface area (Å²) in [5, 5.41) is 8.84. The van der Waals surface area contributed by atoms with E-state index in [2.05, 4.69) is 58.7 Å². The average molecular weight is 276 g/mol. The Morgan fingerprint density at radius 1 is 0.905 bits per heavy atom. The third-order valence-electron chi connectivity index (χ3n) is 3.89. The number of hydrogen-bond acceptors (Lipinski definition) is 3. The summed E-state index contributed by atoms with van der Waals surface area (Å²) in [4.78, 5) is 2.30. The number of nitrogens with zero attached hydrogens (tertiary/aromatic N) is 4. The van der Waals surface area contributed by atoms with Gasteiger partial charge in [-0.05, 0) is 18.7 Å². The van der Waals surface area contributed by atoms with Gasteiger partial charge in [0.15, 0.2) is 0 Å². The van der Waals surface area contributed by atoms with E-state index in [9.17, 15) is 0 Å². The molecule has 0 spiro atoms. The Labute approximate surface area is 123 Å². The molecule has 4 heteroatoms. The van der Waals surface area contributed by atoms with Crippen LogP contribution in [-0.2, 0) is 13.1 Å². The van der Waals surface area contributed by atoms with Gasteiger partial charge in [0.2, 0.25) is 0 Å². The third kappa shape index (κ3) is 2.04. The minimum Gasteiger partial charge on any atom is -0.296 e. The molecule has 0 fully saturated rings. The molecule has 0 amide bonds. The van der Waals surface area contributed by atoms with Crippen LogP contribution in [0.1, 0.15) is 11.3 Å². The summed E-state index contributed by atoms with van der Waals surface area (Å²) in [6, 6.07) is 18.7. The molecule has 104 valence electrons. The molecule has 0 bridgehead atoms. The van der Waals surface area contributed by atoms with Crippen LogP contribution in [0, 0.1) is 0 Å². The Hall–Kier alpha value is -2.46. The van der Waals surface area contributed by atoms with Gasteiger partial charge in [0.05, 0.1) is 11.4 Å². The predicted octanol–water partition coefficient (Wildman–Crippen LogP) is 2.88. The van der Waals surface area contributed by atoms with Gasteiger partial charge < -0.3 is 0 Å². The topological polar surface area (TPSA) is 34.0 Å². The average Bonchev–Trinajstić information content (AvgIpc) is 2.86. The molecule has 0 aliphatic carbocycles. The number of rotatable bonds is 1. The minimum absolute atomic E-state index is 0.839. The second kappa shape index (κ2) is 4.82. The fraction of sp³-hybridized carbons (Fsp3) is 0.176. The van der Waals surface area contributed by atoms with E-state index in [1.165, 1.54) is 5.56 Å². The van der Waals surface area contributed by atoms with Crippen molar-refractivity contribution in [3.05, 3.63) is 65.9 Å². The summed E-state index contributed by atoms with van der Waals surface area (Å²) in [5.41, 5.74) is 5.65. The monoisotopic (exact) mass is 276 g/mol. The summed E-state index contributed by atoms with van der Waals surface area (Å²) in [6.07, 6.45) is 0. The molecule has 2 heterocycles. The fourth-order valence-electron chi connectivity index (χ4n) is 2.91. The van der Waals surface area contributed by atoms with Gasteiger partial charge in [-0.1, -0.05) is 53.7 Å². The fourth-order valence-corrected chi connectivity index (χ4v) is 2.91. The second-order valence-electron chi connectivity index (χ2n) is 5.46. The zero-order valence-electron chi connectivity index (χ0n) is 11.9. The standard InChI is InChI=1S/C17H16N4/c1-20-11-14-9-5-6-10-15(14)21-16(12-20)17(18-19-21)13-7-3-2-4-8-13/h2-10H,11-12H2,1H3. The lowest BCUT2D eigenvalue weighted by molar-refractivity contribution is 0.320.